The topological polar surface area (TPSA) is 15.3 Å². The first-order chi connectivity index (χ1) is 6.83. The minimum absolute atomic E-state index is 0.799. The third-order valence-electron chi connectivity index (χ3n) is 3.17. The Morgan fingerprint density at radius 1 is 1.29 bits per heavy atom. The third-order valence-corrected chi connectivity index (χ3v) is 3.17. The van der Waals surface area contributed by atoms with E-state index in [9.17, 15) is 0 Å². The molecule has 0 aromatic carbocycles. The van der Waals surface area contributed by atoms with E-state index >= 15 is 0 Å². The third kappa shape index (κ3) is 4.97. The van der Waals surface area contributed by atoms with Crippen molar-refractivity contribution in [1.29, 1.82) is 0 Å². The zero-order valence-corrected chi connectivity index (χ0v) is 9.89. The van der Waals surface area contributed by atoms with E-state index in [1.807, 2.05) is 0 Å². The quantitative estimate of drug-likeness (QED) is 0.704. The maximum Gasteiger partial charge on any atom is 0.00792 e. The van der Waals surface area contributed by atoms with Gasteiger partial charge in [0.15, 0.2) is 0 Å². The number of unbranched alkanes of at least 4 members (excludes halogenated alkanes) is 1. The molecule has 1 saturated heterocycles. The molecule has 0 saturated carbocycles. The molecule has 1 fully saturated rings. The lowest BCUT2D eigenvalue weighted by Gasteiger charge is -2.25. The Hall–Kier alpha value is -0.0800. The van der Waals surface area contributed by atoms with E-state index in [-0.39, 0.29) is 0 Å². The summed E-state index contributed by atoms with van der Waals surface area (Å²) in [6.07, 6.45) is 8.18. The van der Waals surface area contributed by atoms with Crippen LogP contribution < -0.4 is 5.32 Å². The molecule has 0 spiro atoms. The second-order valence-electron chi connectivity index (χ2n) is 4.59. The van der Waals surface area contributed by atoms with E-state index in [4.69, 9.17) is 0 Å². The molecular weight excluding hydrogens is 172 g/mol. The van der Waals surface area contributed by atoms with Gasteiger partial charge < -0.3 is 10.2 Å². The van der Waals surface area contributed by atoms with Gasteiger partial charge in [-0.25, -0.2) is 0 Å². The van der Waals surface area contributed by atoms with Gasteiger partial charge in [-0.05, 0) is 52.4 Å². The molecule has 0 aromatic heterocycles. The van der Waals surface area contributed by atoms with E-state index in [1.54, 1.807) is 0 Å². The van der Waals surface area contributed by atoms with Gasteiger partial charge in [-0.1, -0.05) is 19.8 Å². The standard InChI is InChI=1S/C12H26N2/c1-3-4-10-14(2)11-8-12-7-5-6-9-13-12/h12-13H,3-11H2,1-2H3/t12-/m0/s1. The van der Waals surface area contributed by atoms with Crippen molar-refractivity contribution in [3.05, 3.63) is 0 Å². The molecule has 0 bridgehead atoms. The van der Waals surface area contributed by atoms with Gasteiger partial charge in [0, 0.05) is 6.04 Å². The van der Waals surface area contributed by atoms with Crippen molar-refractivity contribution in [2.45, 2.75) is 51.5 Å². The van der Waals surface area contributed by atoms with Crippen molar-refractivity contribution in [2.24, 2.45) is 0 Å². The van der Waals surface area contributed by atoms with Crippen molar-refractivity contribution in [3.63, 3.8) is 0 Å². The number of nitrogens with one attached hydrogen (secondary N) is 1. The molecule has 0 unspecified atom stereocenters. The summed E-state index contributed by atoms with van der Waals surface area (Å²) < 4.78 is 0. The van der Waals surface area contributed by atoms with Gasteiger partial charge in [-0.2, -0.15) is 0 Å². The molecule has 84 valence electrons. The summed E-state index contributed by atoms with van der Waals surface area (Å²) in [6, 6.07) is 0.799. The van der Waals surface area contributed by atoms with Crippen molar-refractivity contribution < 1.29 is 0 Å². The van der Waals surface area contributed by atoms with Gasteiger partial charge in [-0.3, -0.25) is 0 Å². The van der Waals surface area contributed by atoms with Crippen LogP contribution >= 0.6 is 0 Å². The highest BCUT2D eigenvalue weighted by Gasteiger charge is 2.12. The number of hydrogen-bond donors (Lipinski definition) is 1. The summed E-state index contributed by atoms with van der Waals surface area (Å²) in [6.45, 7) is 6.03. The smallest absolute Gasteiger partial charge is 0.00792 e. The van der Waals surface area contributed by atoms with Crippen LogP contribution in [-0.2, 0) is 0 Å². The maximum absolute atomic E-state index is 3.60. The Morgan fingerprint density at radius 2 is 2.14 bits per heavy atom. The molecule has 1 rings (SSSR count). The molecule has 1 heterocycles. The number of piperidine rings is 1. The predicted molar refractivity (Wildman–Crippen MR) is 62.7 cm³/mol. The molecule has 2 nitrogen and oxygen atoms in total. The largest absolute Gasteiger partial charge is 0.314 e. The summed E-state index contributed by atoms with van der Waals surface area (Å²) in [7, 11) is 2.25. The van der Waals surface area contributed by atoms with Crippen LogP contribution in [0.1, 0.15) is 45.4 Å². The van der Waals surface area contributed by atoms with Crippen LogP contribution in [0.5, 0.6) is 0 Å². The lowest BCUT2D eigenvalue weighted by Crippen LogP contribution is -2.36. The molecule has 0 amide bonds. The molecule has 1 aliphatic heterocycles. The lowest BCUT2D eigenvalue weighted by molar-refractivity contribution is 0.284. The second-order valence-corrected chi connectivity index (χ2v) is 4.59. The number of rotatable bonds is 6. The van der Waals surface area contributed by atoms with Crippen LogP contribution in [0.2, 0.25) is 0 Å². The Balaban J connectivity index is 2.00. The average molecular weight is 198 g/mol. The fraction of sp³-hybridized carbons (Fsp3) is 1.00. The Kier molecular flexibility index (Phi) is 6.20. The molecule has 0 aliphatic carbocycles. The number of hydrogen-bond acceptors (Lipinski definition) is 2. The summed E-state index contributed by atoms with van der Waals surface area (Å²) in [4.78, 5) is 2.47. The molecule has 1 atom stereocenters. The minimum atomic E-state index is 0.799. The van der Waals surface area contributed by atoms with Gasteiger partial charge in [0.05, 0.1) is 0 Å². The maximum atomic E-state index is 3.60. The summed E-state index contributed by atoms with van der Waals surface area (Å²) in [5, 5.41) is 3.60. The molecule has 0 aromatic rings. The summed E-state index contributed by atoms with van der Waals surface area (Å²) >= 11 is 0. The van der Waals surface area contributed by atoms with Gasteiger partial charge in [-0.15, -0.1) is 0 Å². The van der Waals surface area contributed by atoms with E-state index in [0.717, 1.165) is 6.04 Å². The van der Waals surface area contributed by atoms with Crippen molar-refractivity contribution in [1.82, 2.24) is 10.2 Å². The van der Waals surface area contributed by atoms with Crippen LogP contribution in [0.25, 0.3) is 0 Å². The lowest BCUT2D eigenvalue weighted by atomic mass is 10.0. The van der Waals surface area contributed by atoms with Crippen molar-refractivity contribution in [3.8, 4) is 0 Å². The number of nitrogens with zero attached hydrogens (tertiary/aromatic N) is 1. The molecule has 0 radical (unpaired) electrons. The van der Waals surface area contributed by atoms with E-state index < -0.39 is 0 Å². The van der Waals surface area contributed by atoms with Crippen LogP contribution in [0, 0.1) is 0 Å². The fourth-order valence-electron chi connectivity index (χ4n) is 2.09. The van der Waals surface area contributed by atoms with E-state index in [0.29, 0.717) is 0 Å². The van der Waals surface area contributed by atoms with Crippen molar-refractivity contribution >= 4 is 0 Å². The van der Waals surface area contributed by atoms with Gasteiger partial charge >= 0.3 is 0 Å². The van der Waals surface area contributed by atoms with Crippen LogP contribution in [-0.4, -0.2) is 37.6 Å². The van der Waals surface area contributed by atoms with E-state index in [2.05, 4.69) is 24.2 Å². The van der Waals surface area contributed by atoms with Crippen LogP contribution in [0.3, 0.4) is 0 Å². The average Bonchev–Trinajstić information content (AvgIpc) is 2.25. The summed E-state index contributed by atoms with van der Waals surface area (Å²) in [5.74, 6) is 0. The molecule has 2 heteroatoms. The van der Waals surface area contributed by atoms with Crippen LogP contribution in [0.4, 0.5) is 0 Å². The highest BCUT2D eigenvalue weighted by Crippen LogP contribution is 2.10. The van der Waals surface area contributed by atoms with Crippen molar-refractivity contribution in [2.75, 3.05) is 26.7 Å². The first kappa shape index (κ1) is 12.0. The molecule has 14 heavy (non-hydrogen) atoms. The molecule has 1 aliphatic rings. The molecular formula is C12H26N2. The highest BCUT2D eigenvalue weighted by atomic mass is 15.1. The van der Waals surface area contributed by atoms with Crippen LogP contribution in [0.15, 0.2) is 0 Å². The van der Waals surface area contributed by atoms with E-state index in [1.165, 1.54) is 58.2 Å². The predicted octanol–water partition coefficient (Wildman–Crippen LogP) is 2.25. The first-order valence-electron chi connectivity index (χ1n) is 6.25. The zero-order valence-electron chi connectivity index (χ0n) is 9.89. The van der Waals surface area contributed by atoms with Gasteiger partial charge in [0.1, 0.15) is 0 Å². The summed E-state index contributed by atoms with van der Waals surface area (Å²) in [5.41, 5.74) is 0. The normalized spacial score (nSPS) is 22.9. The second kappa shape index (κ2) is 7.24. The minimum Gasteiger partial charge on any atom is -0.314 e. The van der Waals surface area contributed by atoms with Gasteiger partial charge in [0.25, 0.3) is 0 Å². The highest BCUT2D eigenvalue weighted by molar-refractivity contribution is 4.73. The van der Waals surface area contributed by atoms with Gasteiger partial charge in [0.2, 0.25) is 0 Å². The monoisotopic (exact) mass is 198 g/mol. The Morgan fingerprint density at radius 3 is 2.79 bits per heavy atom. The SMILES string of the molecule is CCCCN(C)CC[C@@H]1CCCCN1. The first-order valence-corrected chi connectivity index (χ1v) is 6.25. The molecule has 1 N–H and O–H groups in total. The zero-order chi connectivity index (χ0) is 10.2. The fourth-order valence-corrected chi connectivity index (χ4v) is 2.09. The Labute approximate surface area is 89.1 Å². The Bertz CT molecular complexity index is 130.